The molecule has 0 spiro atoms. The predicted molar refractivity (Wildman–Crippen MR) is 54.1 cm³/mol. The normalized spacial score (nSPS) is 8.42. The molecule has 1 nitrogen and oxygen atoms in total. The van der Waals surface area contributed by atoms with E-state index in [2.05, 4.69) is 0 Å². The van der Waals surface area contributed by atoms with Crippen LogP contribution in [0.15, 0.2) is 18.2 Å². The molecule has 0 fully saturated rings. The molecule has 1 aromatic rings. The summed E-state index contributed by atoms with van der Waals surface area (Å²) in [4.78, 5) is 0. The summed E-state index contributed by atoms with van der Waals surface area (Å²) in [6.07, 6.45) is 0. The molecule has 68 valence electrons. The van der Waals surface area contributed by atoms with Crippen molar-refractivity contribution < 1.29 is 4.74 Å². The fraction of sp³-hybridized carbons (Fsp3) is 0.400. The molecule has 0 atom stereocenters. The first-order valence-corrected chi connectivity index (χ1v) is 4.42. The molecular formula is C10H15ClO. The van der Waals surface area contributed by atoms with Crippen molar-refractivity contribution in [3.63, 3.8) is 0 Å². The van der Waals surface area contributed by atoms with Crippen molar-refractivity contribution in [1.82, 2.24) is 0 Å². The highest BCUT2D eigenvalue weighted by Crippen LogP contribution is 2.24. The van der Waals surface area contributed by atoms with Gasteiger partial charge in [-0.3, -0.25) is 0 Å². The van der Waals surface area contributed by atoms with Crippen LogP contribution in [0.1, 0.15) is 19.4 Å². The van der Waals surface area contributed by atoms with Gasteiger partial charge in [0, 0.05) is 0 Å². The van der Waals surface area contributed by atoms with E-state index in [4.69, 9.17) is 16.3 Å². The first-order chi connectivity index (χ1) is 5.74. The highest BCUT2D eigenvalue weighted by atomic mass is 35.5. The summed E-state index contributed by atoms with van der Waals surface area (Å²) in [5, 5.41) is 0.669. The number of ether oxygens (including phenoxy) is 1. The van der Waals surface area contributed by atoms with Crippen LogP contribution in [0.2, 0.25) is 5.02 Å². The van der Waals surface area contributed by atoms with E-state index >= 15 is 0 Å². The number of aryl methyl sites for hydroxylation is 1. The minimum atomic E-state index is 0.669. The Balaban J connectivity index is 0.000000561. The maximum atomic E-state index is 5.80. The van der Waals surface area contributed by atoms with Gasteiger partial charge < -0.3 is 4.74 Å². The molecule has 0 aliphatic heterocycles. The summed E-state index contributed by atoms with van der Waals surface area (Å²) in [5.41, 5.74) is 1.14. The van der Waals surface area contributed by atoms with Gasteiger partial charge in [0.2, 0.25) is 0 Å². The minimum Gasteiger partial charge on any atom is -0.495 e. The van der Waals surface area contributed by atoms with Gasteiger partial charge in [-0.05, 0) is 24.6 Å². The minimum absolute atomic E-state index is 0.669. The molecule has 0 aliphatic carbocycles. The van der Waals surface area contributed by atoms with Crippen LogP contribution in [0, 0.1) is 6.92 Å². The van der Waals surface area contributed by atoms with Gasteiger partial charge in [0.1, 0.15) is 5.75 Å². The highest BCUT2D eigenvalue weighted by molar-refractivity contribution is 6.32. The van der Waals surface area contributed by atoms with E-state index in [-0.39, 0.29) is 0 Å². The van der Waals surface area contributed by atoms with Crippen molar-refractivity contribution in [3.05, 3.63) is 28.8 Å². The van der Waals surface area contributed by atoms with Crippen LogP contribution in [0.4, 0.5) is 0 Å². The Hall–Kier alpha value is -0.690. The SMILES string of the molecule is CC.COc1ccc(C)cc1Cl. The zero-order chi connectivity index (χ0) is 9.56. The van der Waals surface area contributed by atoms with Crippen LogP contribution in [0.25, 0.3) is 0 Å². The van der Waals surface area contributed by atoms with E-state index in [0.717, 1.165) is 11.3 Å². The van der Waals surface area contributed by atoms with Crippen LogP contribution in [0.3, 0.4) is 0 Å². The molecule has 0 bridgehead atoms. The monoisotopic (exact) mass is 186 g/mol. The number of halogens is 1. The molecule has 0 saturated heterocycles. The van der Waals surface area contributed by atoms with Crippen molar-refractivity contribution in [2.24, 2.45) is 0 Å². The van der Waals surface area contributed by atoms with Crippen LogP contribution < -0.4 is 4.74 Å². The lowest BCUT2D eigenvalue weighted by atomic mass is 10.2. The second kappa shape index (κ2) is 5.90. The molecule has 0 N–H and O–H groups in total. The number of hydrogen-bond donors (Lipinski definition) is 0. The van der Waals surface area contributed by atoms with E-state index in [1.54, 1.807) is 7.11 Å². The fourth-order valence-corrected chi connectivity index (χ4v) is 1.08. The molecule has 0 aliphatic rings. The van der Waals surface area contributed by atoms with Crippen molar-refractivity contribution in [1.29, 1.82) is 0 Å². The van der Waals surface area contributed by atoms with Crippen molar-refractivity contribution in [2.75, 3.05) is 7.11 Å². The van der Waals surface area contributed by atoms with Gasteiger partial charge in [-0.2, -0.15) is 0 Å². The third-order valence-electron chi connectivity index (χ3n) is 1.31. The van der Waals surface area contributed by atoms with Crippen LogP contribution in [-0.4, -0.2) is 7.11 Å². The average Bonchev–Trinajstić information content (AvgIpc) is 2.08. The quantitative estimate of drug-likeness (QED) is 0.650. The summed E-state index contributed by atoms with van der Waals surface area (Å²) in [6.45, 7) is 5.99. The van der Waals surface area contributed by atoms with Crippen molar-refractivity contribution in [2.45, 2.75) is 20.8 Å². The lowest BCUT2D eigenvalue weighted by molar-refractivity contribution is 0.415. The highest BCUT2D eigenvalue weighted by Gasteiger charge is 1.97. The largest absolute Gasteiger partial charge is 0.495 e. The molecule has 2 heteroatoms. The fourth-order valence-electron chi connectivity index (χ4n) is 0.771. The standard InChI is InChI=1S/C8H9ClO.C2H6/c1-6-3-4-8(10-2)7(9)5-6;1-2/h3-5H,1-2H3;1-2H3. The topological polar surface area (TPSA) is 9.23 Å². The van der Waals surface area contributed by atoms with Crippen LogP contribution in [0.5, 0.6) is 5.75 Å². The Morgan fingerprint density at radius 3 is 2.25 bits per heavy atom. The molecule has 0 saturated carbocycles. The lowest BCUT2D eigenvalue weighted by Crippen LogP contribution is -1.83. The number of benzene rings is 1. The Labute approximate surface area is 79.3 Å². The van der Waals surface area contributed by atoms with Crippen molar-refractivity contribution >= 4 is 11.6 Å². The lowest BCUT2D eigenvalue weighted by Gasteiger charge is -2.01. The zero-order valence-corrected chi connectivity index (χ0v) is 8.77. The second-order valence-electron chi connectivity index (χ2n) is 2.14. The van der Waals surface area contributed by atoms with Gasteiger partial charge in [0.05, 0.1) is 12.1 Å². The summed E-state index contributed by atoms with van der Waals surface area (Å²) in [5.74, 6) is 0.729. The Kier molecular flexibility index (Phi) is 5.56. The molecular weight excluding hydrogens is 172 g/mol. The van der Waals surface area contributed by atoms with E-state index < -0.39 is 0 Å². The maximum Gasteiger partial charge on any atom is 0.137 e. The van der Waals surface area contributed by atoms with Gasteiger partial charge in [-0.1, -0.05) is 31.5 Å². The van der Waals surface area contributed by atoms with E-state index in [0.29, 0.717) is 5.02 Å². The van der Waals surface area contributed by atoms with Crippen LogP contribution >= 0.6 is 11.6 Å². The first-order valence-electron chi connectivity index (χ1n) is 4.04. The molecule has 0 radical (unpaired) electrons. The Morgan fingerprint density at radius 1 is 1.25 bits per heavy atom. The summed E-state index contributed by atoms with van der Waals surface area (Å²) in [6, 6.07) is 5.70. The van der Waals surface area contributed by atoms with Gasteiger partial charge in [-0.25, -0.2) is 0 Å². The number of hydrogen-bond acceptors (Lipinski definition) is 1. The summed E-state index contributed by atoms with van der Waals surface area (Å²) in [7, 11) is 1.61. The first kappa shape index (κ1) is 11.3. The summed E-state index contributed by atoms with van der Waals surface area (Å²) < 4.78 is 4.97. The molecule has 1 aromatic carbocycles. The summed E-state index contributed by atoms with van der Waals surface area (Å²) >= 11 is 5.80. The van der Waals surface area contributed by atoms with E-state index in [1.165, 1.54) is 0 Å². The third kappa shape index (κ3) is 3.14. The molecule has 0 unspecified atom stereocenters. The molecule has 1 rings (SSSR count). The second-order valence-corrected chi connectivity index (χ2v) is 2.55. The van der Waals surface area contributed by atoms with Crippen molar-refractivity contribution in [3.8, 4) is 5.75 Å². The Bertz CT molecular complexity index is 233. The average molecular weight is 187 g/mol. The zero-order valence-electron chi connectivity index (χ0n) is 8.02. The molecule has 0 heterocycles. The van der Waals surface area contributed by atoms with Crippen LogP contribution in [-0.2, 0) is 0 Å². The molecule has 12 heavy (non-hydrogen) atoms. The number of rotatable bonds is 1. The third-order valence-corrected chi connectivity index (χ3v) is 1.60. The van der Waals surface area contributed by atoms with Gasteiger partial charge in [0.25, 0.3) is 0 Å². The van der Waals surface area contributed by atoms with Gasteiger partial charge in [-0.15, -0.1) is 0 Å². The van der Waals surface area contributed by atoms with Gasteiger partial charge >= 0.3 is 0 Å². The Morgan fingerprint density at radius 2 is 1.83 bits per heavy atom. The van der Waals surface area contributed by atoms with E-state index in [1.807, 2.05) is 39.0 Å². The maximum absolute atomic E-state index is 5.80. The number of methoxy groups -OCH3 is 1. The smallest absolute Gasteiger partial charge is 0.137 e. The predicted octanol–water partition coefficient (Wildman–Crippen LogP) is 3.68. The molecule has 0 amide bonds. The van der Waals surface area contributed by atoms with E-state index in [9.17, 15) is 0 Å². The molecule has 0 aromatic heterocycles. The van der Waals surface area contributed by atoms with Gasteiger partial charge in [0.15, 0.2) is 0 Å².